The Morgan fingerprint density at radius 2 is 1.63 bits per heavy atom. The van der Waals surface area contributed by atoms with Crippen molar-refractivity contribution in [3.05, 3.63) is 70.8 Å². The van der Waals surface area contributed by atoms with Crippen molar-refractivity contribution in [3.8, 4) is 0 Å². The summed E-state index contributed by atoms with van der Waals surface area (Å²) in [5.41, 5.74) is 3.08. The number of hydrogen-bond acceptors (Lipinski definition) is 5. The smallest absolute Gasteiger partial charge is 0.291 e. The lowest BCUT2D eigenvalue weighted by molar-refractivity contribution is -0.141. The Morgan fingerprint density at radius 1 is 1.03 bits per heavy atom. The summed E-state index contributed by atoms with van der Waals surface area (Å²) in [5.74, 6) is -2.92. The van der Waals surface area contributed by atoms with Gasteiger partial charge in [-0.1, -0.05) is 67.9 Å². The molecule has 0 aromatic heterocycles. The van der Waals surface area contributed by atoms with E-state index in [0.29, 0.717) is 17.0 Å². The van der Waals surface area contributed by atoms with Gasteiger partial charge in [-0.25, -0.2) is 0 Å². The van der Waals surface area contributed by atoms with Gasteiger partial charge in [0.1, 0.15) is 5.92 Å². The van der Waals surface area contributed by atoms with E-state index in [1.165, 1.54) is 4.90 Å². The highest BCUT2D eigenvalue weighted by atomic mass is 16.3. The first-order valence-corrected chi connectivity index (χ1v) is 10.1. The zero-order valence-electron chi connectivity index (χ0n) is 17.4. The molecule has 0 spiro atoms. The molecule has 1 saturated heterocycles. The molecular formula is C24H27NO5. The summed E-state index contributed by atoms with van der Waals surface area (Å²) in [4.78, 5) is 40.1. The SMILES string of the molecule is Cc1ccc(C(=O)C2C(=O)C(=O)N(CC(O)CO)C2c2ccc(C(C)C)cc2)cc1. The molecule has 158 valence electrons. The van der Waals surface area contributed by atoms with Crippen LogP contribution in [0.3, 0.4) is 0 Å². The molecule has 1 heterocycles. The molecule has 1 aliphatic heterocycles. The minimum absolute atomic E-state index is 0.227. The van der Waals surface area contributed by atoms with Crippen molar-refractivity contribution >= 4 is 17.5 Å². The predicted molar refractivity (Wildman–Crippen MR) is 112 cm³/mol. The Hall–Kier alpha value is -2.83. The zero-order chi connectivity index (χ0) is 22.0. The highest BCUT2D eigenvalue weighted by Gasteiger charge is 2.51. The maximum atomic E-state index is 13.3. The molecule has 3 atom stereocenters. The Morgan fingerprint density at radius 3 is 2.17 bits per heavy atom. The summed E-state index contributed by atoms with van der Waals surface area (Å²) in [6, 6.07) is 13.5. The number of nitrogens with zero attached hydrogens (tertiary/aromatic N) is 1. The third-order valence-corrected chi connectivity index (χ3v) is 5.59. The second kappa shape index (κ2) is 8.90. The van der Waals surface area contributed by atoms with E-state index < -0.39 is 42.1 Å². The quantitative estimate of drug-likeness (QED) is 0.416. The third kappa shape index (κ3) is 4.20. The van der Waals surface area contributed by atoms with Crippen molar-refractivity contribution in [3.63, 3.8) is 0 Å². The standard InChI is InChI=1S/C24H27NO5/c1-14(2)16-8-10-17(11-9-16)21-20(22(28)18-6-4-15(3)5-7-18)23(29)24(30)25(21)12-19(27)13-26/h4-11,14,19-21,26-27H,12-13H2,1-3H3. The predicted octanol–water partition coefficient (Wildman–Crippen LogP) is 2.42. The fourth-order valence-corrected chi connectivity index (χ4v) is 3.82. The second-order valence-electron chi connectivity index (χ2n) is 8.13. The molecular weight excluding hydrogens is 382 g/mol. The number of Topliss-reactive ketones (excluding diaryl/α,β-unsaturated/α-hetero) is 2. The van der Waals surface area contributed by atoms with Gasteiger partial charge in [0.15, 0.2) is 5.78 Å². The lowest BCUT2D eigenvalue weighted by atomic mass is 9.85. The van der Waals surface area contributed by atoms with Gasteiger partial charge in [-0.15, -0.1) is 0 Å². The topological polar surface area (TPSA) is 94.9 Å². The molecule has 6 nitrogen and oxygen atoms in total. The zero-order valence-corrected chi connectivity index (χ0v) is 17.4. The summed E-state index contributed by atoms with van der Waals surface area (Å²) in [6.07, 6.45) is -1.20. The van der Waals surface area contributed by atoms with Crippen LogP contribution in [0.2, 0.25) is 0 Å². The average molecular weight is 409 g/mol. The van der Waals surface area contributed by atoms with Crippen LogP contribution < -0.4 is 0 Å². The molecule has 2 aromatic rings. The molecule has 2 N–H and O–H groups in total. The number of β-amino-alcohol motifs (C(OH)–C–C–N with tert-alkyl or cyclic N) is 1. The Labute approximate surface area is 176 Å². The van der Waals surface area contributed by atoms with Crippen LogP contribution in [0.4, 0.5) is 0 Å². The van der Waals surface area contributed by atoms with Gasteiger partial charge in [-0.3, -0.25) is 14.4 Å². The number of aryl methyl sites for hydroxylation is 1. The number of rotatable bonds is 7. The lowest BCUT2D eigenvalue weighted by Crippen LogP contribution is -2.38. The molecule has 1 fully saturated rings. The minimum atomic E-state index is -1.20. The van der Waals surface area contributed by atoms with Crippen LogP contribution in [0.15, 0.2) is 48.5 Å². The molecule has 3 rings (SSSR count). The van der Waals surface area contributed by atoms with Gasteiger partial charge < -0.3 is 15.1 Å². The molecule has 0 aliphatic carbocycles. The van der Waals surface area contributed by atoms with E-state index in [0.717, 1.165) is 11.1 Å². The number of benzene rings is 2. The summed E-state index contributed by atoms with van der Waals surface area (Å²) in [7, 11) is 0. The van der Waals surface area contributed by atoms with Crippen LogP contribution in [-0.2, 0) is 9.59 Å². The van der Waals surface area contributed by atoms with E-state index in [4.69, 9.17) is 0 Å². The number of ketones is 2. The van der Waals surface area contributed by atoms with Gasteiger partial charge in [0, 0.05) is 12.1 Å². The molecule has 6 heteroatoms. The molecule has 1 aliphatic rings. The van der Waals surface area contributed by atoms with Crippen LogP contribution in [0.5, 0.6) is 0 Å². The average Bonchev–Trinajstić information content (AvgIpc) is 2.98. The number of hydrogen-bond donors (Lipinski definition) is 2. The van der Waals surface area contributed by atoms with Crippen molar-refractivity contribution < 1.29 is 24.6 Å². The van der Waals surface area contributed by atoms with E-state index in [1.54, 1.807) is 24.3 Å². The molecule has 1 amide bonds. The van der Waals surface area contributed by atoms with Crippen molar-refractivity contribution in [1.29, 1.82) is 0 Å². The van der Waals surface area contributed by atoms with Crippen molar-refractivity contribution in [1.82, 2.24) is 4.90 Å². The van der Waals surface area contributed by atoms with Crippen molar-refractivity contribution in [2.24, 2.45) is 5.92 Å². The van der Waals surface area contributed by atoms with Crippen LogP contribution in [-0.4, -0.2) is 51.8 Å². The molecule has 0 radical (unpaired) electrons. The molecule has 0 bridgehead atoms. The Kier molecular flexibility index (Phi) is 6.48. The van der Waals surface area contributed by atoms with Gasteiger partial charge >= 0.3 is 0 Å². The third-order valence-electron chi connectivity index (χ3n) is 5.59. The van der Waals surface area contributed by atoms with Gasteiger partial charge in [0.2, 0.25) is 5.78 Å². The molecule has 3 unspecified atom stereocenters. The molecule has 2 aromatic carbocycles. The Bertz CT molecular complexity index is 933. The van der Waals surface area contributed by atoms with E-state index in [9.17, 15) is 24.6 Å². The number of carbonyl (C=O) groups excluding carboxylic acids is 3. The first-order chi connectivity index (χ1) is 14.2. The molecule has 0 saturated carbocycles. The van der Waals surface area contributed by atoms with Crippen LogP contribution in [0.25, 0.3) is 0 Å². The van der Waals surface area contributed by atoms with Crippen LogP contribution in [0, 0.1) is 12.8 Å². The number of carbonyl (C=O) groups is 3. The summed E-state index contributed by atoms with van der Waals surface area (Å²) >= 11 is 0. The van der Waals surface area contributed by atoms with Gasteiger partial charge in [-0.05, 0) is 24.0 Å². The monoisotopic (exact) mass is 409 g/mol. The maximum absolute atomic E-state index is 13.3. The first-order valence-electron chi connectivity index (χ1n) is 10.1. The lowest BCUT2D eigenvalue weighted by Gasteiger charge is -2.28. The first kappa shape index (κ1) is 21.9. The van der Waals surface area contributed by atoms with E-state index in [-0.39, 0.29) is 6.54 Å². The van der Waals surface area contributed by atoms with Crippen LogP contribution in [0.1, 0.15) is 52.9 Å². The largest absolute Gasteiger partial charge is 0.394 e. The normalized spacial score (nSPS) is 20.1. The fraction of sp³-hybridized carbons (Fsp3) is 0.375. The van der Waals surface area contributed by atoms with Gasteiger partial charge in [0.25, 0.3) is 5.91 Å². The van der Waals surface area contributed by atoms with E-state index in [2.05, 4.69) is 13.8 Å². The van der Waals surface area contributed by atoms with Gasteiger partial charge in [0.05, 0.1) is 18.8 Å². The highest BCUT2D eigenvalue weighted by Crippen LogP contribution is 2.38. The van der Waals surface area contributed by atoms with Crippen molar-refractivity contribution in [2.45, 2.75) is 38.8 Å². The van der Waals surface area contributed by atoms with E-state index in [1.807, 2.05) is 31.2 Å². The van der Waals surface area contributed by atoms with Crippen molar-refractivity contribution in [2.75, 3.05) is 13.2 Å². The summed E-state index contributed by atoms with van der Waals surface area (Å²) in [6.45, 7) is 5.25. The van der Waals surface area contributed by atoms with E-state index >= 15 is 0 Å². The highest BCUT2D eigenvalue weighted by molar-refractivity contribution is 6.44. The second-order valence-corrected chi connectivity index (χ2v) is 8.13. The van der Waals surface area contributed by atoms with Crippen LogP contribution >= 0.6 is 0 Å². The molecule has 30 heavy (non-hydrogen) atoms. The number of likely N-dealkylation sites (tertiary alicyclic amines) is 1. The fourth-order valence-electron chi connectivity index (χ4n) is 3.82. The van der Waals surface area contributed by atoms with Gasteiger partial charge in [-0.2, -0.15) is 0 Å². The Balaban J connectivity index is 2.05. The number of aliphatic hydroxyl groups is 2. The minimum Gasteiger partial charge on any atom is -0.394 e. The number of amides is 1. The number of aliphatic hydroxyl groups excluding tert-OH is 2. The maximum Gasteiger partial charge on any atom is 0.291 e. The summed E-state index contributed by atoms with van der Waals surface area (Å²) < 4.78 is 0. The summed E-state index contributed by atoms with van der Waals surface area (Å²) in [5, 5.41) is 19.2.